The van der Waals surface area contributed by atoms with Crippen molar-refractivity contribution in [3.63, 3.8) is 0 Å². The number of carbonyl (C=O) groups excluding carboxylic acids is 1. The summed E-state index contributed by atoms with van der Waals surface area (Å²) in [7, 11) is 1.30. The molecule has 1 aromatic heterocycles. The topological polar surface area (TPSA) is 60.5 Å². The van der Waals surface area contributed by atoms with Crippen LogP contribution >= 0.6 is 0 Å². The number of carbonyl (C=O) groups is 1. The third-order valence-corrected chi connectivity index (χ3v) is 2.79. The van der Waals surface area contributed by atoms with Crippen molar-refractivity contribution in [2.45, 2.75) is 6.18 Å². The standard InChI is InChI=1S/C15H12F4N2O3/c1-23-12-4-2-9(6-11(12)16)14(22)21-10-3-5-13(20-7-10)24-8-15(17,18)19/h2-7H,8H2,1H3,(H,21,22). The number of ether oxygens (including phenoxy) is 2. The average molecular weight is 344 g/mol. The number of amides is 1. The summed E-state index contributed by atoms with van der Waals surface area (Å²) >= 11 is 0. The minimum Gasteiger partial charge on any atom is -0.494 e. The second-order valence-corrected chi connectivity index (χ2v) is 4.59. The van der Waals surface area contributed by atoms with E-state index >= 15 is 0 Å². The molecule has 0 fully saturated rings. The summed E-state index contributed by atoms with van der Waals surface area (Å²) in [6.45, 7) is -1.46. The summed E-state index contributed by atoms with van der Waals surface area (Å²) in [5, 5.41) is 2.44. The van der Waals surface area contributed by atoms with E-state index in [1.165, 1.54) is 31.4 Å². The minimum atomic E-state index is -4.47. The van der Waals surface area contributed by atoms with Gasteiger partial charge in [0.1, 0.15) is 0 Å². The van der Waals surface area contributed by atoms with Crippen LogP contribution < -0.4 is 14.8 Å². The number of nitrogens with zero attached hydrogens (tertiary/aromatic N) is 1. The van der Waals surface area contributed by atoms with Crippen LogP contribution in [0.15, 0.2) is 36.5 Å². The van der Waals surface area contributed by atoms with Crippen LogP contribution in [0.4, 0.5) is 23.2 Å². The SMILES string of the molecule is COc1ccc(C(=O)Nc2ccc(OCC(F)(F)F)nc2)cc1F. The molecule has 0 saturated heterocycles. The van der Waals surface area contributed by atoms with Gasteiger partial charge in [-0.3, -0.25) is 4.79 Å². The van der Waals surface area contributed by atoms with Crippen LogP contribution in [0.1, 0.15) is 10.4 Å². The Kier molecular flexibility index (Phi) is 5.22. The van der Waals surface area contributed by atoms with Gasteiger partial charge in [-0.1, -0.05) is 0 Å². The zero-order valence-electron chi connectivity index (χ0n) is 12.4. The lowest BCUT2D eigenvalue weighted by Gasteiger charge is -2.09. The van der Waals surface area contributed by atoms with Gasteiger partial charge in [-0.25, -0.2) is 9.37 Å². The molecular weight excluding hydrogens is 332 g/mol. The molecule has 0 aliphatic carbocycles. The molecule has 0 aliphatic heterocycles. The Hall–Kier alpha value is -2.84. The Bertz CT molecular complexity index is 718. The number of aromatic nitrogens is 1. The number of alkyl halides is 3. The molecule has 9 heteroatoms. The Morgan fingerprint density at radius 3 is 2.54 bits per heavy atom. The van der Waals surface area contributed by atoms with E-state index in [2.05, 4.69) is 15.0 Å². The molecule has 5 nitrogen and oxygen atoms in total. The quantitative estimate of drug-likeness (QED) is 0.845. The van der Waals surface area contributed by atoms with Gasteiger partial charge in [0.15, 0.2) is 18.2 Å². The molecule has 0 unspecified atom stereocenters. The first-order valence-corrected chi connectivity index (χ1v) is 6.59. The highest BCUT2D eigenvalue weighted by Gasteiger charge is 2.28. The van der Waals surface area contributed by atoms with Gasteiger partial charge in [0.2, 0.25) is 5.88 Å². The van der Waals surface area contributed by atoms with Crippen LogP contribution in [0.25, 0.3) is 0 Å². The lowest BCUT2D eigenvalue weighted by Crippen LogP contribution is -2.19. The van der Waals surface area contributed by atoms with Crippen molar-refractivity contribution in [3.8, 4) is 11.6 Å². The normalized spacial score (nSPS) is 11.0. The van der Waals surface area contributed by atoms with Crippen molar-refractivity contribution in [1.29, 1.82) is 0 Å². The van der Waals surface area contributed by atoms with Crippen molar-refractivity contribution in [3.05, 3.63) is 47.9 Å². The summed E-state index contributed by atoms with van der Waals surface area (Å²) in [5.74, 6) is -1.54. The predicted molar refractivity (Wildman–Crippen MR) is 76.7 cm³/mol. The number of pyridine rings is 1. The first-order chi connectivity index (χ1) is 11.3. The molecule has 2 rings (SSSR count). The molecule has 24 heavy (non-hydrogen) atoms. The number of halogens is 4. The summed E-state index contributed by atoms with van der Waals surface area (Å²) in [6.07, 6.45) is -3.34. The van der Waals surface area contributed by atoms with Gasteiger partial charge in [0.25, 0.3) is 5.91 Å². The fraction of sp³-hybridized carbons (Fsp3) is 0.200. The maximum absolute atomic E-state index is 13.6. The molecule has 0 radical (unpaired) electrons. The van der Waals surface area contributed by atoms with Gasteiger partial charge >= 0.3 is 6.18 Å². The molecule has 128 valence electrons. The zero-order valence-corrected chi connectivity index (χ0v) is 12.4. The Balaban J connectivity index is 2.00. The van der Waals surface area contributed by atoms with E-state index in [0.717, 1.165) is 12.3 Å². The molecule has 0 spiro atoms. The van der Waals surface area contributed by atoms with Crippen LogP contribution in [-0.4, -0.2) is 30.8 Å². The summed E-state index contributed by atoms with van der Waals surface area (Å²) in [5.41, 5.74) is 0.265. The van der Waals surface area contributed by atoms with Crippen LogP contribution in [0.2, 0.25) is 0 Å². The third kappa shape index (κ3) is 4.83. The highest BCUT2D eigenvalue weighted by atomic mass is 19.4. The van der Waals surface area contributed by atoms with Gasteiger partial charge in [0, 0.05) is 11.6 Å². The number of benzene rings is 1. The van der Waals surface area contributed by atoms with Crippen LogP contribution in [0, 0.1) is 5.82 Å². The number of rotatable bonds is 5. The number of anilines is 1. The molecule has 1 amide bonds. The van der Waals surface area contributed by atoms with Crippen molar-refractivity contribution in [2.75, 3.05) is 19.0 Å². The zero-order chi connectivity index (χ0) is 17.7. The highest BCUT2D eigenvalue weighted by Crippen LogP contribution is 2.20. The van der Waals surface area contributed by atoms with E-state index in [1.54, 1.807) is 0 Å². The van der Waals surface area contributed by atoms with Crippen molar-refractivity contribution in [2.24, 2.45) is 0 Å². The first kappa shape index (κ1) is 17.5. The van der Waals surface area contributed by atoms with Crippen LogP contribution in [0.3, 0.4) is 0 Å². The first-order valence-electron chi connectivity index (χ1n) is 6.59. The van der Waals surface area contributed by atoms with Gasteiger partial charge in [-0.2, -0.15) is 13.2 Å². The maximum Gasteiger partial charge on any atom is 0.422 e. The molecule has 0 bridgehead atoms. The summed E-state index contributed by atoms with van der Waals surface area (Å²) in [6, 6.07) is 6.16. The maximum atomic E-state index is 13.6. The average Bonchev–Trinajstić information content (AvgIpc) is 2.53. The van der Waals surface area contributed by atoms with E-state index in [0.29, 0.717) is 0 Å². The molecule has 1 N–H and O–H groups in total. The number of hydrogen-bond donors (Lipinski definition) is 1. The summed E-state index contributed by atoms with van der Waals surface area (Å²) < 4.78 is 58.8. The van der Waals surface area contributed by atoms with Crippen molar-refractivity contribution >= 4 is 11.6 Å². The number of hydrogen-bond acceptors (Lipinski definition) is 4. The second kappa shape index (κ2) is 7.16. The minimum absolute atomic E-state index is 0.000571. The smallest absolute Gasteiger partial charge is 0.422 e. The lowest BCUT2D eigenvalue weighted by molar-refractivity contribution is -0.154. The predicted octanol–water partition coefficient (Wildman–Crippen LogP) is 3.42. The molecular formula is C15H12F4N2O3. The van der Waals surface area contributed by atoms with E-state index < -0.39 is 24.5 Å². The monoisotopic (exact) mass is 344 g/mol. The lowest BCUT2D eigenvalue weighted by atomic mass is 10.2. The second-order valence-electron chi connectivity index (χ2n) is 4.59. The van der Waals surface area contributed by atoms with Gasteiger partial charge in [0.05, 0.1) is 19.0 Å². The van der Waals surface area contributed by atoms with E-state index in [1.807, 2.05) is 0 Å². The van der Waals surface area contributed by atoms with Gasteiger partial charge in [-0.15, -0.1) is 0 Å². The molecule has 0 saturated carbocycles. The van der Waals surface area contributed by atoms with Crippen LogP contribution in [-0.2, 0) is 0 Å². The van der Waals surface area contributed by atoms with Gasteiger partial charge < -0.3 is 14.8 Å². The Labute approximate surface area is 134 Å². The molecule has 0 aliphatic rings. The van der Waals surface area contributed by atoms with Crippen molar-refractivity contribution in [1.82, 2.24) is 4.98 Å². The molecule has 0 atom stereocenters. The van der Waals surface area contributed by atoms with Crippen molar-refractivity contribution < 1.29 is 31.8 Å². The number of nitrogens with one attached hydrogen (secondary N) is 1. The fourth-order valence-electron chi connectivity index (χ4n) is 1.71. The molecule has 1 aromatic carbocycles. The van der Waals surface area contributed by atoms with Crippen LogP contribution in [0.5, 0.6) is 11.6 Å². The summed E-state index contributed by atoms with van der Waals surface area (Å²) in [4.78, 5) is 15.6. The molecule has 2 aromatic rings. The van der Waals surface area contributed by atoms with E-state index in [9.17, 15) is 22.4 Å². The highest BCUT2D eigenvalue weighted by molar-refractivity contribution is 6.04. The third-order valence-electron chi connectivity index (χ3n) is 2.79. The Morgan fingerprint density at radius 1 is 1.25 bits per heavy atom. The Morgan fingerprint density at radius 2 is 2.00 bits per heavy atom. The number of methoxy groups -OCH3 is 1. The molecule has 1 heterocycles. The fourth-order valence-corrected chi connectivity index (χ4v) is 1.71. The van der Waals surface area contributed by atoms with E-state index in [4.69, 9.17) is 4.74 Å². The van der Waals surface area contributed by atoms with E-state index in [-0.39, 0.29) is 22.9 Å². The van der Waals surface area contributed by atoms with Gasteiger partial charge in [-0.05, 0) is 24.3 Å². The largest absolute Gasteiger partial charge is 0.494 e.